The molecule has 1 aliphatic heterocycles. The Labute approximate surface area is 120 Å². The maximum Gasteiger partial charge on any atom is 0.170 e. The second-order valence-corrected chi connectivity index (χ2v) is 5.59. The van der Waals surface area contributed by atoms with E-state index in [1.165, 1.54) is 0 Å². The Morgan fingerprint density at radius 1 is 1.40 bits per heavy atom. The van der Waals surface area contributed by atoms with E-state index >= 15 is 0 Å². The van der Waals surface area contributed by atoms with Crippen molar-refractivity contribution in [1.82, 2.24) is 10.3 Å². The molecule has 1 saturated heterocycles. The van der Waals surface area contributed by atoms with E-state index in [4.69, 9.17) is 4.74 Å². The van der Waals surface area contributed by atoms with Crippen LogP contribution in [0.1, 0.15) is 25.8 Å². The zero-order chi connectivity index (χ0) is 14.4. The molecule has 0 saturated carbocycles. The number of hydrogen-bond donors (Lipinski definition) is 1. The molecule has 0 aliphatic carbocycles. The van der Waals surface area contributed by atoms with Gasteiger partial charge in [0.05, 0.1) is 6.61 Å². The van der Waals surface area contributed by atoms with Crippen molar-refractivity contribution in [1.29, 1.82) is 0 Å². The Hall–Kier alpha value is -1.20. The molecule has 4 nitrogen and oxygen atoms in total. The molecule has 0 amide bonds. The first kappa shape index (κ1) is 15.2. The van der Waals surface area contributed by atoms with Crippen molar-refractivity contribution >= 4 is 5.82 Å². The van der Waals surface area contributed by atoms with E-state index in [0.717, 1.165) is 26.1 Å². The number of pyridine rings is 1. The molecule has 112 valence electrons. The highest BCUT2D eigenvalue weighted by atomic mass is 19.1. The molecule has 5 heteroatoms. The fraction of sp³-hybridized carbons (Fsp3) is 0.667. The minimum atomic E-state index is -0.203. The summed E-state index contributed by atoms with van der Waals surface area (Å²) in [6.07, 6.45) is 2.60. The lowest BCUT2D eigenvalue weighted by Crippen LogP contribution is -2.28. The fourth-order valence-electron chi connectivity index (χ4n) is 2.28. The molecule has 1 aromatic rings. The molecule has 1 fully saturated rings. The molecule has 0 bridgehead atoms. The summed E-state index contributed by atoms with van der Waals surface area (Å²) in [5, 5.41) is 3.27. The van der Waals surface area contributed by atoms with Crippen LogP contribution in [0.15, 0.2) is 12.3 Å². The molecule has 2 rings (SSSR count). The number of hydrogen-bond acceptors (Lipinski definition) is 4. The summed E-state index contributed by atoms with van der Waals surface area (Å²) in [5.74, 6) is 0.812. The monoisotopic (exact) mass is 281 g/mol. The van der Waals surface area contributed by atoms with E-state index in [9.17, 15) is 4.39 Å². The van der Waals surface area contributed by atoms with E-state index in [0.29, 0.717) is 37.0 Å². The summed E-state index contributed by atoms with van der Waals surface area (Å²) < 4.78 is 19.9. The first-order valence-electron chi connectivity index (χ1n) is 7.35. The largest absolute Gasteiger partial charge is 0.380 e. The van der Waals surface area contributed by atoms with E-state index in [1.807, 2.05) is 4.90 Å². The van der Waals surface area contributed by atoms with Gasteiger partial charge in [-0.2, -0.15) is 0 Å². The third-order valence-electron chi connectivity index (χ3n) is 3.34. The van der Waals surface area contributed by atoms with Crippen LogP contribution in [0.5, 0.6) is 0 Å². The standard InChI is InChI=1S/C15H24FN3O/c1-12(2)10-17-11-13-4-5-18-15(14(13)16)19-6-3-8-20-9-7-19/h4-5,12,17H,3,6-11H2,1-2H3. The Kier molecular flexibility index (Phi) is 5.73. The number of anilines is 1. The van der Waals surface area contributed by atoms with Crippen molar-refractivity contribution in [2.24, 2.45) is 5.92 Å². The number of rotatable bonds is 5. The van der Waals surface area contributed by atoms with Crippen LogP contribution in [0, 0.1) is 11.7 Å². The van der Waals surface area contributed by atoms with Gasteiger partial charge in [0.25, 0.3) is 0 Å². The highest BCUT2D eigenvalue weighted by molar-refractivity contribution is 5.43. The minimum absolute atomic E-state index is 0.203. The van der Waals surface area contributed by atoms with Gasteiger partial charge >= 0.3 is 0 Å². The van der Waals surface area contributed by atoms with Gasteiger partial charge in [-0.3, -0.25) is 0 Å². The molecule has 0 unspecified atom stereocenters. The maximum atomic E-state index is 14.5. The van der Waals surface area contributed by atoms with Crippen LogP contribution in [0.4, 0.5) is 10.2 Å². The summed E-state index contributed by atoms with van der Waals surface area (Å²) >= 11 is 0. The van der Waals surface area contributed by atoms with E-state index in [-0.39, 0.29) is 5.82 Å². The van der Waals surface area contributed by atoms with Crippen LogP contribution in [0.3, 0.4) is 0 Å². The Bertz CT molecular complexity index is 418. The molecule has 0 atom stereocenters. The Balaban J connectivity index is 2.05. The quantitative estimate of drug-likeness (QED) is 0.898. The van der Waals surface area contributed by atoms with Gasteiger partial charge in [-0.05, 0) is 24.9 Å². The van der Waals surface area contributed by atoms with Crippen LogP contribution < -0.4 is 10.2 Å². The van der Waals surface area contributed by atoms with Gasteiger partial charge < -0.3 is 15.0 Å². The lowest BCUT2D eigenvalue weighted by Gasteiger charge is -2.22. The third kappa shape index (κ3) is 4.15. The average molecular weight is 281 g/mol. The maximum absolute atomic E-state index is 14.5. The summed E-state index contributed by atoms with van der Waals surface area (Å²) in [7, 11) is 0. The molecular weight excluding hydrogens is 257 g/mol. The highest BCUT2D eigenvalue weighted by Gasteiger charge is 2.17. The first-order valence-corrected chi connectivity index (χ1v) is 7.35. The number of nitrogens with one attached hydrogen (secondary N) is 1. The van der Waals surface area contributed by atoms with Gasteiger partial charge in [-0.1, -0.05) is 13.8 Å². The SMILES string of the molecule is CC(C)CNCc1ccnc(N2CCCOCC2)c1F. The number of aromatic nitrogens is 1. The number of nitrogens with zero attached hydrogens (tertiary/aromatic N) is 2. The second kappa shape index (κ2) is 7.55. The van der Waals surface area contributed by atoms with Gasteiger partial charge in [0.1, 0.15) is 0 Å². The fourth-order valence-corrected chi connectivity index (χ4v) is 2.28. The second-order valence-electron chi connectivity index (χ2n) is 5.59. The van der Waals surface area contributed by atoms with Crippen LogP contribution in [0.2, 0.25) is 0 Å². The van der Waals surface area contributed by atoms with Crippen LogP contribution >= 0.6 is 0 Å². The summed E-state index contributed by atoms with van der Waals surface area (Å²) in [6.45, 7) is 8.58. The van der Waals surface area contributed by atoms with Gasteiger partial charge in [0.2, 0.25) is 0 Å². The van der Waals surface area contributed by atoms with E-state index in [2.05, 4.69) is 24.1 Å². The molecular formula is C15H24FN3O. The van der Waals surface area contributed by atoms with Crippen molar-refractivity contribution < 1.29 is 9.13 Å². The average Bonchev–Trinajstić information content (AvgIpc) is 2.69. The highest BCUT2D eigenvalue weighted by Crippen LogP contribution is 2.20. The van der Waals surface area contributed by atoms with Crippen molar-refractivity contribution in [3.8, 4) is 0 Å². The molecule has 2 heterocycles. The molecule has 1 aromatic heterocycles. The van der Waals surface area contributed by atoms with Gasteiger partial charge in [-0.15, -0.1) is 0 Å². The van der Waals surface area contributed by atoms with Gasteiger partial charge in [0, 0.05) is 38.0 Å². The Morgan fingerprint density at radius 2 is 2.25 bits per heavy atom. The molecule has 20 heavy (non-hydrogen) atoms. The van der Waals surface area contributed by atoms with Crippen molar-refractivity contribution in [3.05, 3.63) is 23.6 Å². The van der Waals surface area contributed by atoms with E-state index < -0.39 is 0 Å². The zero-order valence-electron chi connectivity index (χ0n) is 12.4. The number of ether oxygens (including phenoxy) is 1. The lowest BCUT2D eigenvalue weighted by atomic mass is 10.2. The summed E-state index contributed by atoms with van der Waals surface area (Å²) in [6, 6.07) is 1.75. The minimum Gasteiger partial charge on any atom is -0.380 e. The molecule has 1 N–H and O–H groups in total. The lowest BCUT2D eigenvalue weighted by molar-refractivity contribution is 0.152. The van der Waals surface area contributed by atoms with Crippen molar-refractivity contribution in [2.45, 2.75) is 26.8 Å². The Morgan fingerprint density at radius 3 is 3.05 bits per heavy atom. The van der Waals surface area contributed by atoms with Gasteiger partial charge in [-0.25, -0.2) is 9.37 Å². The zero-order valence-corrected chi connectivity index (χ0v) is 12.4. The smallest absolute Gasteiger partial charge is 0.170 e. The normalized spacial score (nSPS) is 16.5. The molecule has 0 spiro atoms. The van der Waals surface area contributed by atoms with Crippen LogP contribution in [0.25, 0.3) is 0 Å². The van der Waals surface area contributed by atoms with Crippen molar-refractivity contribution in [2.75, 3.05) is 37.7 Å². The molecule has 0 radical (unpaired) electrons. The summed E-state index contributed by atoms with van der Waals surface area (Å²) in [4.78, 5) is 6.20. The predicted octanol–water partition coefficient (Wildman–Crippen LogP) is 2.19. The van der Waals surface area contributed by atoms with E-state index in [1.54, 1.807) is 12.3 Å². The number of halogens is 1. The van der Waals surface area contributed by atoms with Gasteiger partial charge in [0.15, 0.2) is 11.6 Å². The van der Waals surface area contributed by atoms with Crippen LogP contribution in [-0.2, 0) is 11.3 Å². The van der Waals surface area contributed by atoms with Crippen LogP contribution in [-0.4, -0.2) is 37.8 Å². The third-order valence-corrected chi connectivity index (χ3v) is 3.34. The molecule has 0 aromatic carbocycles. The first-order chi connectivity index (χ1) is 9.68. The van der Waals surface area contributed by atoms with Crippen molar-refractivity contribution in [3.63, 3.8) is 0 Å². The summed E-state index contributed by atoms with van der Waals surface area (Å²) in [5.41, 5.74) is 0.681. The topological polar surface area (TPSA) is 37.4 Å². The molecule has 1 aliphatic rings. The predicted molar refractivity (Wildman–Crippen MR) is 78.4 cm³/mol.